The number of amides is 2. The van der Waals surface area contributed by atoms with Crippen LogP contribution < -0.4 is 24.2 Å². The van der Waals surface area contributed by atoms with Gasteiger partial charge in [0, 0.05) is 65.1 Å². The Labute approximate surface area is 384 Å². The Hall–Kier alpha value is -1.61. The van der Waals surface area contributed by atoms with Gasteiger partial charge in [0.25, 0.3) is 0 Å². The van der Waals surface area contributed by atoms with E-state index < -0.39 is 40.2 Å². The van der Waals surface area contributed by atoms with Gasteiger partial charge in [-0.25, -0.2) is 9.59 Å². The third-order valence-electron chi connectivity index (χ3n) is 10.4. The molecule has 0 saturated carbocycles. The Morgan fingerprint density at radius 1 is 0.783 bits per heavy atom. The van der Waals surface area contributed by atoms with Gasteiger partial charge in [0.1, 0.15) is 16.6 Å². The van der Waals surface area contributed by atoms with Crippen molar-refractivity contribution in [2.45, 2.75) is 159 Å². The number of likely N-dealkylation sites (tertiary alicyclic amines) is 2. The molecular weight excluding hydrogens is 792 g/mol. The van der Waals surface area contributed by atoms with E-state index in [4.69, 9.17) is 24.1 Å². The molecule has 5 unspecified atom stereocenters. The van der Waals surface area contributed by atoms with Gasteiger partial charge in [-0.1, -0.05) is 28.7 Å². The molecule has 60 heavy (non-hydrogen) atoms. The molecule has 4 rings (SSSR count). The molecule has 15 nitrogen and oxygen atoms in total. The number of esters is 1. The largest absolute Gasteiger partial charge is 1.00 e. The van der Waals surface area contributed by atoms with Crippen molar-refractivity contribution >= 4 is 44.8 Å². The van der Waals surface area contributed by atoms with E-state index in [0.29, 0.717) is 32.5 Å². The predicted octanol–water partition coefficient (Wildman–Crippen LogP) is 2.49. The Bertz CT molecular complexity index is 1210. The second-order valence-corrected chi connectivity index (χ2v) is 17.7. The van der Waals surface area contributed by atoms with Crippen molar-refractivity contribution in [3.05, 3.63) is 0 Å². The number of ether oxygens (including phenoxy) is 4. The summed E-state index contributed by atoms with van der Waals surface area (Å²) in [5, 5.41) is 41.2. The molecule has 4 fully saturated rings. The second-order valence-electron chi connectivity index (χ2n) is 17.7. The van der Waals surface area contributed by atoms with E-state index in [1.54, 1.807) is 39.5 Å². The monoisotopic (exact) mass is 877 g/mol. The second kappa shape index (κ2) is 31.3. The number of ketones is 1. The quantitative estimate of drug-likeness (QED) is 0.119. The van der Waals surface area contributed by atoms with Crippen LogP contribution in [0.3, 0.4) is 0 Å². The fourth-order valence-electron chi connectivity index (χ4n) is 6.07. The smallest absolute Gasteiger partial charge is 1.00 e. The van der Waals surface area contributed by atoms with Crippen LogP contribution in [0.1, 0.15) is 137 Å². The number of nitrogens with zero attached hydrogens (tertiary/aromatic N) is 2. The molecule has 5 N–H and O–H groups in total. The summed E-state index contributed by atoms with van der Waals surface area (Å²) in [5.74, 6) is -0.701. The summed E-state index contributed by atoms with van der Waals surface area (Å²) in [6.45, 7) is 23.5. The first kappa shape index (κ1) is 67.5. The number of hydrogen-bond donors (Lipinski definition) is 5. The maximum Gasteiger partial charge on any atom is 1.00 e. The average Bonchev–Trinajstić information content (AvgIpc) is 3.54. The molecule has 4 saturated heterocycles. The molecule has 351 valence electrons. The van der Waals surface area contributed by atoms with Gasteiger partial charge < -0.3 is 55.9 Å². The third kappa shape index (κ3) is 23.7. The van der Waals surface area contributed by atoms with Crippen LogP contribution in [0.4, 0.5) is 9.59 Å². The summed E-state index contributed by atoms with van der Waals surface area (Å²) >= 11 is 0. The van der Waals surface area contributed by atoms with Crippen LogP contribution in [-0.4, -0.2) is 158 Å². The fourth-order valence-corrected chi connectivity index (χ4v) is 6.07. The normalized spacial score (nSPS) is 26.5. The van der Waals surface area contributed by atoms with Gasteiger partial charge >= 0.3 is 37.0 Å². The molecule has 0 spiro atoms. The molecule has 3 radical (unpaired) electrons. The van der Waals surface area contributed by atoms with Crippen molar-refractivity contribution in [3.63, 3.8) is 0 Å². The van der Waals surface area contributed by atoms with Crippen LogP contribution in [0.25, 0.3) is 0 Å². The Kier molecular flexibility index (Phi) is 35.2. The molecule has 18 heteroatoms. The van der Waals surface area contributed by atoms with Crippen molar-refractivity contribution in [3.8, 4) is 0 Å². The van der Waals surface area contributed by atoms with E-state index >= 15 is 0 Å². The summed E-state index contributed by atoms with van der Waals surface area (Å²) in [5.41, 5.74) is -3.09. The van der Waals surface area contributed by atoms with Crippen LogP contribution in [0.5, 0.6) is 0 Å². The maximum atomic E-state index is 12.2. The summed E-state index contributed by atoms with van der Waals surface area (Å²) in [6.07, 6.45) is 3.83. The number of aliphatic hydroxyl groups is 4. The zero-order valence-electron chi connectivity index (χ0n) is 38.5. The minimum atomic E-state index is -1.17. The van der Waals surface area contributed by atoms with Crippen molar-refractivity contribution < 1.29 is 78.8 Å². The van der Waals surface area contributed by atoms with E-state index in [9.17, 15) is 34.5 Å². The van der Waals surface area contributed by atoms with Crippen molar-refractivity contribution in [2.75, 3.05) is 72.3 Å². The molecule has 0 aromatic heterocycles. The number of Topliss-reactive ketones (excluding diaryl/α,β-unsaturated/α-hetero) is 1. The summed E-state index contributed by atoms with van der Waals surface area (Å²) in [4.78, 5) is 51.3. The van der Waals surface area contributed by atoms with Gasteiger partial charge in [-0.05, 0) is 113 Å². The number of carbonyl (C=O) groups is 4. The number of carbonyl (C=O) groups excluding carboxylic acids is 4. The molecule has 0 aliphatic carbocycles. The molecule has 0 bridgehead atoms. The molecule has 4 aliphatic rings. The molecular formula is C42H85BClLiN3O12. The molecule has 2 amide bonds. The van der Waals surface area contributed by atoms with Crippen LogP contribution in [-0.2, 0) is 28.5 Å². The molecule has 0 aromatic rings. The van der Waals surface area contributed by atoms with Gasteiger partial charge in [0.15, 0.2) is 5.78 Å². The molecule has 5 atom stereocenters. The van der Waals surface area contributed by atoms with Crippen LogP contribution in [0, 0.1) is 16.2 Å². The van der Waals surface area contributed by atoms with Crippen LogP contribution in [0.15, 0.2) is 0 Å². The van der Waals surface area contributed by atoms with E-state index in [2.05, 4.69) is 5.32 Å². The number of nitrogens with one attached hydrogen (secondary N) is 1. The fraction of sp³-hybridized carbons (Fsp3) is 0.905. The Morgan fingerprint density at radius 3 is 1.67 bits per heavy atom. The SMILES string of the molecule is C.C.C1CCOC1.CC(C)(C)OC(=O)N1CCC(O)C(C)(CO)CC1.CC1(CO)CCNCCC1O.CCOC(=O)C1(C)CCN(C(=O)OC(C)(C)C)CCC1=O.Cl.[B].[H-].[Li+]. The average molecular weight is 877 g/mol. The minimum Gasteiger partial charge on any atom is -1.00 e. The van der Waals surface area contributed by atoms with Gasteiger partial charge in [-0.2, -0.15) is 0 Å². The van der Waals surface area contributed by atoms with E-state index in [-0.39, 0.29) is 119 Å². The topological polar surface area (TPSA) is 205 Å². The van der Waals surface area contributed by atoms with Crippen LogP contribution >= 0.6 is 12.4 Å². The van der Waals surface area contributed by atoms with Crippen molar-refractivity contribution in [1.29, 1.82) is 0 Å². The number of halogens is 1. The Balaban J connectivity index is -0.000000172. The first-order valence-corrected chi connectivity index (χ1v) is 20.0. The third-order valence-corrected chi connectivity index (χ3v) is 10.4. The van der Waals surface area contributed by atoms with Gasteiger partial charge in [0.05, 0.1) is 32.0 Å². The summed E-state index contributed by atoms with van der Waals surface area (Å²) < 4.78 is 20.6. The predicted molar refractivity (Wildman–Crippen MR) is 236 cm³/mol. The van der Waals surface area contributed by atoms with Crippen molar-refractivity contribution in [1.82, 2.24) is 15.1 Å². The first-order valence-electron chi connectivity index (χ1n) is 20.0. The Morgan fingerprint density at radius 2 is 1.23 bits per heavy atom. The zero-order valence-corrected chi connectivity index (χ0v) is 38.3. The minimum absolute atomic E-state index is 0. The summed E-state index contributed by atoms with van der Waals surface area (Å²) in [7, 11) is 0. The van der Waals surface area contributed by atoms with E-state index in [1.165, 1.54) is 17.7 Å². The van der Waals surface area contributed by atoms with Crippen LogP contribution in [0.2, 0.25) is 0 Å². The number of rotatable bonds is 4. The van der Waals surface area contributed by atoms with Crippen molar-refractivity contribution in [2.24, 2.45) is 16.2 Å². The standard InChI is InChI=1S/C15H25NO5.C13H25NO4.C8H17NO2.C4H8O.2CH4.B.ClH.Li.H/c1-6-20-12(18)15(5)8-10-16(9-7-11(15)17)13(19)21-14(2,3)4;1-12(2,3)18-11(17)14-7-5-10(16)13(4,9-15)6-8-14;1-8(6-10)3-5-9-4-2-7(8)11;1-2-4-5-3-1;;;;;;/h6-10H2,1-5H3;10,15-16H,5-9H2,1-4H3;7,9-11H,2-6H2,1H3;1-4H2;2*1H4;;1H;;/q;;;;;;;;+1;-1. The van der Waals surface area contributed by atoms with Gasteiger partial charge in [-0.3, -0.25) is 9.59 Å². The molecule has 4 heterocycles. The van der Waals surface area contributed by atoms with E-state index in [0.717, 1.165) is 39.1 Å². The molecule has 4 aliphatic heterocycles. The summed E-state index contributed by atoms with van der Waals surface area (Å²) in [6, 6.07) is 0. The zero-order chi connectivity index (χ0) is 42.1. The molecule has 0 aromatic carbocycles. The van der Waals surface area contributed by atoms with Gasteiger partial charge in [0.2, 0.25) is 0 Å². The first-order chi connectivity index (χ1) is 25.5. The number of hydrogen-bond acceptors (Lipinski definition) is 13. The van der Waals surface area contributed by atoms with E-state index in [1.807, 2.05) is 34.6 Å². The maximum absolute atomic E-state index is 12.2. The number of aliphatic hydroxyl groups excluding tert-OH is 4. The van der Waals surface area contributed by atoms with Gasteiger partial charge in [-0.15, -0.1) is 12.4 Å².